The minimum atomic E-state index is -3.59. The summed E-state index contributed by atoms with van der Waals surface area (Å²) < 4.78 is 27.0. The first kappa shape index (κ1) is 14.4. The molecule has 0 aliphatic rings. The van der Waals surface area contributed by atoms with Crippen LogP contribution >= 0.6 is 0 Å². The van der Waals surface area contributed by atoms with E-state index >= 15 is 0 Å². The molecular formula is C13H16N4O2S. The summed E-state index contributed by atoms with van der Waals surface area (Å²) >= 11 is 0. The van der Waals surface area contributed by atoms with Crippen LogP contribution in [0.4, 0.5) is 5.69 Å². The lowest BCUT2D eigenvalue weighted by molar-refractivity contribution is 0.580. The maximum atomic E-state index is 12.3. The predicted molar refractivity (Wildman–Crippen MR) is 76.8 cm³/mol. The van der Waals surface area contributed by atoms with Gasteiger partial charge in [0.05, 0.1) is 29.8 Å². The predicted octanol–water partition coefficient (Wildman–Crippen LogP) is 1.31. The van der Waals surface area contributed by atoms with Crippen molar-refractivity contribution in [2.75, 3.05) is 12.4 Å². The fraction of sp³-hybridized carbons (Fsp3) is 0.231. The first-order chi connectivity index (χ1) is 9.53. The second-order valence-corrected chi connectivity index (χ2v) is 5.96. The zero-order valence-electron chi connectivity index (χ0n) is 11.3. The van der Waals surface area contributed by atoms with E-state index in [1.54, 1.807) is 43.7 Å². The molecule has 7 heteroatoms. The van der Waals surface area contributed by atoms with Crippen molar-refractivity contribution in [2.24, 2.45) is 0 Å². The Hall–Kier alpha value is -1.99. The Morgan fingerprint density at radius 1 is 1.15 bits per heavy atom. The second kappa shape index (κ2) is 5.98. The number of hydrogen-bond donors (Lipinski definition) is 2. The Kier molecular flexibility index (Phi) is 4.31. The van der Waals surface area contributed by atoms with Gasteiger partial charge in [-0.05, 0) is 19.1 Å². The molecule has 0 fully saturated rings. The molecular weight excluding hydrogens is 276 g/mol. The number of rotatable bonds is 5. The third-order valence-electron chi connectivity index (χ3n) is 2.72. The van der Waals surface area contributed by atoms with Gasteiger partial charge in [0.15, 0.2) is 0 Å². The Labute approximate surface area is 118 Å². The summed E-state index contributed by atoms with van der Waals surface area (Å²) in [5.74, 6) is 0. The van der Waals surface area contributed by atoms with Crippen LogP contribution in [0.5, 0.6) is 0 Å². The van der Waals surface area contributed by atoms with Crippen LogP contribution in [0.1, 0.15) is 11.4 Å². The topological polar surface area (TPSA) is 84.0 Å². The van der Waals surface area contributed by atoms with Gasteiger partial charge in [-0.3, -0.25) is 9.97 Å². The molecule has 2 rings (SSSR count). The zero-order chi connectivity index (χ0) is 14.6. The second-order valence-electron chi connectivity index (χ2n) is 4.22. The van der Waals surface area contributed by atoms with Gasteiger partial charge in [0.2, 0.25) is 10.0 Å². The number of sulfonamides is 1. The van der Waals surface area contributed by atoms with E-state index in [0.717, 1.165) is 5.69 Å². The summed E-state index contributed by atoms with van der Waals surface area (Å²) in [5.41, 5.74) is 1.91. The number of benzene rings is 1. The van der Waals surface area contributed by atoms with Crippen molar-refractivity contribution >= 4 is 15.7 Å². The average molecular weight is 292 g/mol. The Morgan fingerprint density at radius 2 is 1.90 bits per heavy atom. The van der Waals surface area contributed by atoms with Crippen LogP contribution in [0.25, 0.3) is 0 Å². The zero-order valence-corrected chi connectivity index (χ0v) is 12.1. The molecule has 1 heterocycles. The average Bonchev–Trinajstić information content (AvgIpc) is 2.46. The van der Waals surface area contributed by atoms with E-state index in [-0.39, 0.29) is 11.4 Å². The molecule has 0 aliphatic carbocycles. The van der Waals surface area contributed by atoms with Gasteiger partial charge >= 0.3 is 0 Å². The van der Waals surface area contributed by atoms with E-state index in [1.165, 1.54) is 0 Å². The van der Waals surface area contributed by atoms with Gasteiger partial charge in [-0.25, -0.2) is 13.1 Å². The number of aromatic nitrogens is 2. The van der Waals surface area contributed by atoms with Crippen molar-refractivity contribution in [3.05, 3.63) is 48.0 Å². The fourth-order valence-electron chi connectivity index (χ4n) is 1.66. The van der Waals surface area contributed by atoms with E-state index in [2.05, 4.69) is 20.0 Å². The molecule has 20 heavy (non-hydrogen) atoms. The van der Waals surface area contributed by atoms with Crippen LogP contribution in [-0.4, -0.2) is 25.4 Å². The van der Waals surface area contributed by atoms with Crippen LogP contribution in [0.2, 0.25) is 0 Å². The van der Waals surface area contributed by atoms with Crippen molar-refractivity contribution in [3.8, 4) is 0 Å². The van der Waals surface area contributed by atoms with Crippen LogP contribution in [0, 0.1) is 6.92 Å². The summed E-state index contributed by atoms with van der Waals surface area (Å²) in [6.45, 7) is 1.93. The summed E-state index contributed by atoms with van der Waals surface area (Å²) in [7, 11) is -1.91. The van der Waals surface area contributed by atoms with Gasteiger partial charge in [0.1, 0.15) is 4.90 Å². The van der Waals surface area contributed by atoms with Gasteiger partial charge in [-0.2, -0.15) is 0 Å². The first-order valence-electron chi connectivity index (χ1n) is 6.07. The minimum absolute atomic E-state index is 0.105. The minimum Gasteiger partial charge on any atom is -0.387 e. The van der Waals surface area contributed by atoms with Crippen LogP contribution < -0.4 is 10.0 Å². The van der Waals surface area contributed by atoms with E-state index in [9.17, 15) is 8.42 Å². The van der Waals surface area contributed by atoms with Crippen molar-refractivity contribution in [1.82, 2.24) is 14.7 Å². The maximum absolute atomic E-state index is 12.3. The highest BCUT2D eigenvalue weighted by molar-refractivity contribution is 7.89. The van der Waals surface area contributed by atoms with Crippen LogP contribution in [-0.2, 0) is 16.6 Å². The highest BCUT2D eigenvalue weighted by Gasteiger charge is 2.17. The molecule has 2 aromatic rings. The standard InChI is InChI=1S/C13H16N4O2S/c1-10-7-16-11(8-15-10)9-17-20(18,19)13-6-4-3-5-12(13)14-2/h3-8,14,17H,9H2,1-2H3. The number of hydrogen-bond acceptors (Lipinski definition) is 5. The summed E-state index contributed by atoms with van der Waals surface area (Å²) in [6, 6.07) is 6.71. The summed E-state index contributed by atoms with van der Waals surface area (Å²) in [4.78, 5) is 8.40. The monoisotopic (exact) mass is 292 g/mol. The molecule has 0 amide bonds. The lowest BCUT2D eigenvalue weighted by Gasteiger charge is -2.10. The van der Waals surface area contributed by atoms with Crippen LogP contribution in [0.15, 0.2) is 41.6 Å². The maximum Gasteiger partial charge on any atom is 0.242 e. The molecule has 0 saturated heterocycles. The Balaban J connectivity index is 2.17. The SMILES string of the molecule is CNc1ccccc1S(=O)(=O)NCc1cnc(C)cn1. The summed E-state index contributed by atoms with van der Waals surface area (Å²) in [5, 5.41) is 2.86. The third-order valence-corrected chi connectivity index (χ3v) is 4.18. The molecule has 0 spiro atoms. The molecule has 1 aromatic carbocycles. The first-order valence-corrected chi connectivity index (χ1v) is 7.55. The van der Waals surface area contributed by atoms with E-state index in [4.69, 9.17) is 0 Å². The Morgan fingerprint density at radius 3 is 2.55 bits per heavy atom. The van der Waals surface area contributed by atoms with Gasteiger partial charge in [-0.15, -0.1) is 0 Å². The van der Waals surface area contributed by atoms with Gasteiger partial charge in [-0.1, -0.05) is 12.1 Å². The largest absolute Gasteiger partial charge is 0.387 e. The van der Waals surface area contributed by atoms with Crippen molar-refractivity contribution in [2.45, 2.75) is 18.4 Å². The molecule has 0 unspecified atom stereocenters. The van der Waals surface area contributed by atoms with Crippen molar-refractivity contribution < 1.29 is 8.42 Å². The molecule has 106 valence electrons. The van der Waals surface area contributed by atoms with Crippen LogP contribution in [0.3, 0.4) is 0 Å². The number of aryl methyl sites for hydroxylation is 1. The van der Waals surface area contributed by atoms with E-state index in [0.29, 0.717) is 11.4 Å². The molecule has 0 saturated carbocycles. The quantitative estimate of drug-likeness (QED) is 0.868. The lowest BCUT2D eigenvalue weighted by Crippen LogP contribution is -2.24. The lowest BCUT2D eigenvalue weighted by atomic mass is 10.3. The van der Waals surface area contributed by atoms with E-state index < -0.39 is 10.0 Å². The number of anilines is 1. The van der Waals surface area contributed by atoms with Gasteiger partial charge < -0.3 is 5.32 Å². The summed E-state index contributed by atoms with van der Waals surface area (Å²) in [6.07, 6.45) is 3.16. The molecule has 0 radical (unpaired) electrons. The number of nitrogens with one attached hydrogen (secondary N) is 2. The molecule has 0 atom stereocenters. The highest BCUT2D eigenvalue weighted by atomic mass is 32.2. The molecule has 0 aliphatic heterocycles. The van der Waals surface area contributed by atoms with Crippen molar-refractivity contribution in [3.63, 3.8) is 0 Å². The molecule has 1 aromatic heterocycles. The molecule has 6 nitrogen and oxygen atoms in total. The Bertz CT molecular complexity index is 684. The molecule has 0 bridgehead atoms. The number of para-hydroxylation sites is 1. The highest BCUT2D eigenvalue weighted by Crippen LogP contribution is 2.19. The number of nitrogens with zero attached hydrogens (tertiary/aromatic N) is 2. The van der Waals surface area contributed by atoms with Gasteiger partial charge in [0, 0.05) is 13.2 Å². The van der Waals surface area contributed by atoms with E-state index in [1.807, 2.05) is 6.92 Å². The fourth-order valence-corrected chi connectivity index (χ4v) is 2.88. The van der Waals surface area contributed by atoms with Gasteiger partial charge in [0.25, 0.3) is 0 Å². The normalized spacial score (nSPS) is 11.3. The van der Waals surface area contributed by atoms with Crippen molar-refractivity contribution in [1.29, 1.82) is 0 Å². The third kappa shape index (κ3) is 3.31. The molecule has 2 N–H and O–H groups in total. The smallest absolute Gasteiger partial charge is 0.242 e.